The van der Waals surface area contributed by atoms with E-state index >= 15 is 0 Å². The lowest BCUT2D eigenvalue weighted by Crippen LogP contribution is -2.00. The number of hydrogen-bond acceptors (Lipinski definition) is 4. The van der Waals surface area contributed by atoms with E-state index in [2.05, 4.69) is 176 Å². The maximum absolute atomic E-state index is 6.53. The molecule has 2 heterocycles. The summed E-state index contributed by atoms with van der Waals surface area (Å²) in [4.78, 5) is 15.1. The van der Waals surface area contributed by atoms with E-state index < -0.39 is 0 Å². The minimum Gasteiger partial charge on any atom is -0.456 e. The van der Waals surface area contributed by atoms with E-state index in [1.165, 1.54) is 49.0 Å². The zero-order valence-corrected chi connectivity index (χ0v) is 33.0. The van der Waals surface area contributed by atoms with Gasteiger partial charge in [-0.15, -0.1) is 0 Å². The maximum Gasteiger partial charge on any atom is 0.164 e. The van der Waals surface area contributed by atoms with Gasteiger partial charge in [0.15, 0.2) is 17.5 Å². The van der Waals surface area contributed by atoms with Gasteiger partial charge in [-0.2, -0.15) is 0 Å². The first kappa shape index (κ1) is 34.8. The standard InChI is InChI=1S/C57H35N3O/c1-3-11-36(12-4-1)37-19-21-38(22-20-37)39-23-25-41(26-24-39)56-58-55(40-13-5-2-6-14-40)59-57(60-56)44-28-31-50-52-34-43(29-32-53(52)61-54(50)35-44)42-27-30-49-47-17-8-7-15-45(47)46-16-9-10-18-48(46)51(49)33-42/h1-35H. The molecule has 10 aromatic carbocycles. The largest absolute Gasteiger partial charge is 0.456 e. The van der Waals surface area contributed by atoms with Crippen molar-refractivity contribution < 1.29 is 4.42 Å². The number of furan rings is 1. The van der Waals surface area contributed by atoms with Crippen molar-refractivity contribution >= 4 is 54.3 Å². The molecule has 0 bridgehead atoms. The molecule has 61 heavy (non-hydrogen) atoms. The second-order valence-electron chi connectivity index (χ2n) is 15.6. The van der Waals surface area contributed by atoms with Crippen LogP contribution in [0.4, 0.5) is 0 Å². The summed E-state index contributed by atoms with van der Waals surface area (Å²) < 4.78 is 6.53. The summed E-state index contributed by atoms with van der Waals surface area (Å²) in [6.45, 7) is 0. The molecule has 0 N–H and O–H groups in total. The summed E-state index contributed by atoms with van der Waals surface area (Å²) in [5, 5.41) is 9.72. The Bertz CT molecular complexity index is 3580. The molecule has 0 spiro atoms. The highest BCUT2D eigenvalue weighted by Gasteiger charge is 2.16. The number of fused-ring (bicyclic) bond motifs is 9. The van der Waals surface area contributed by atoms with Crippen molar-refractivity contribution in [1.82, 2.24) is 15.0 Å². The minimum absolute atomic E-state index is 0.586. The molecular weight excluding hydrogens is 743 g/mol. The van der Waals surface area contributed by atoms with E-state index in [-0.39, 0.29) is 0 Å². The van der Waals surface area contributed by atoms with Crippen molar-refractivity contribution in [3.05, 3.63) is 212 Å². The van der Waals surface area contributed by atoms with Crippen molar-refractivity contribution in [3.63, 3.8) is 0 Å². The van der Waals surface area contributed by atoms with Crippen LogP contribution in [0.1, 0.15) is 0 Å². The van der Waals surface area contributed by atoms with E-state index in [9.17, 15) is 0 Å². The van der Waals surface area contributed by atoms with E-state index in [1.54, 1.807) is 0 Å². The Hall–Kier alpha value is -8.21. The Morgan fingerprint density at radius 1 is 0.213 bits per heavy atom. The van der Waals surface area contributed by atoms with Gasteiger partial charge in [0.2, 0.25) is 0 Å². The summed E-state index contributed by atoms with van der Waals surface area (Å²) in [5.41, 5.74) is 11.3. The van der Waals surface area contributed by atoms with E-state index in [1.807, 2.05) is 36.4 Å². The number of benzene rings is 10. The molecule has 0 atom stereocenters. The molecule has 0 aliphatic rings. The Balaban J connectivity index is 0.907. The average Bonchev–Trinajstić information content (AvgIpc) is 3.72. The average molecular weight is 778 g/mol. The molecule has 2 aromatic heterocycles. The van der Waals surface area contributed by atoms with Crippen LogP contribution in [0.5, 0.6) is 0 Å². The van der Waals surface area contributed by atoms with Gasteiger partial charge in [-0.05, 0) is 96.0 Å². The molecule has 284 valence electrons. The van der Waals surface area contributed by atoms with Gasteiger partial charge < -0.3 is 4.42 Å². The molecule has 0 radical (unpaired) electrons. The number of nitrogens with zero attached hydrogens (tertiary/aromatic N) is 3. The Morgan fingerprint density at radius 3 is 1.15 bits per heavy atom. The van der Waals surface area contributed by atoms with E-state index in [4.69, 9.17) is 19.4 Å². The lowest BCUT2D eigenvalue weighted by Gasteiger charge is -2.12. The van der Waals surface area contributed by atoms with Gasteiger partial charge in [-0.1, -0.05) is 182 Å². The third-order valence-electron chi connectivity index (χ3n) is 11.9. The van der Waals surface area contributed by atoms with Gasteiger partial charge in [0, 0.05) is 27.5 Å². The van der Waals surface area contributed by atoms with Crippen LogP contribution >= 0.6 is 0 Å². The van der Waals surface area contributed by atoms with Gasteiger partial charge in [0.05, 0.1) is 0 Å². The second-order valence-corrected chi connectivity index (χ2v) is 15.6. The van der Waals surface area contributed by atoms with Gasteiger partial charge in [0.1, 0.15) is 11.2 Å². The smallest absolute Gasteiger partial charge is 0.164 e. The molecule has 0 saturated heterocycles. The van der Waals surface area contributed by atoms with Gasteiger partial charge in [-0.25, -0.2) is 15.0 Å². The van der Waals surface area contributed by atoms with Crippen LogP contribution in [0.2, 0.25) is 0 Å². The molecule has 4 heteroatoms. The first-order valence-electron chi connectivity index (χ1n) is 20.6. The minimum atomic E-state index is 0.586. The molecule has 0 amide bonds. The Morgan fingerprint density at radius 2 is 0.574 bits per heavy atom. The van der Waals surface area contributed by atoms with Crippen LogP contribution in [-0.4, -0.2) is 15.0 Å². The Labute approximate surface area is 352 Å². The quantitative estimate of drug-likeness (QED) is 0.158. The normalized spacial score (nSPS) is 11.6. The third kappa shape index (κ3) is 6.12. The van der Waals surface area contributed by atoms with Crippen molar-refractivity contribution in [1.29, 1.82) is 0 Å². The van der Waals surface area contributed by atoms with Gasteiger partial charge in [-0.3, -0.25) is 0 Å². The SMILES string of the molecule is c1ccc(-c2ccc(-c3ccc(-c4nc(-c5ccccc5)nc(-c5ccc6c(c5)oc5ccc(-c7ccc8c9ccccc9c9ccccc9c8c7)cc56)n4)cc3)cc2)cc1. The van der Waals surface area contributed by atoms with E-state index in [0.717, 1.165) is 55.3 Å². The summed E-state index contributed by atoms with van der Waals surface area (Å²) >= 11 is 0. The third-order valence-corrected chi connectivity index (χ3v) is 11.9. The van der Waals surface area contributed by atoms with Crippen LogP contribution in [0.3, 0.4) is 0 Å². The highest BCUT2D eigenvalue weighted by atomic mass is 16.3. The van der Waals surface area contributed by atoms with Crippen LogP contribution in [-0.2, 0) is 0 Å². The lowest BCUT2D eigenvalue weighted by molar-refractivity contribution is 0.669. The van der Waals surface area contributed by atoms with Crippen molar-refractivity contribution in [3.8, 4) is 67.5 Å². The molecule has 12 aromatic rings. The summed E-state index contributed by atoms with van der Waals surface area (Å²) in [6, 6.07) is 74.7. The van der Waals surface area contributed by atoms with Crippen LogP contribution in [0, 0.1) is 0 Å². The molecule has 4 nitrogen and oxygen atoms in total. The molecule has 12 rings (SSSR count). The van der Waals surface area contributed by atoms with Gasteiger partial charge >= 0.3 is 0 Å². The predicted molar refractivity (Wildman–Crippen MR) is 252 cm³/mol. The van der Waals surface area contributed by atoms with Crippen molar-refractivity contribution in [2.45, 2.75) is 0 Å². The predicted octanol–water partition coefficient (Wildman–Crippen LogP) is 15.2. The molecule has 0 aliphatic carbocycles. The highest BCUT2D eigenvalue weighted by Crippen LogP contribution is 2.39. The second kappa shape index (κ2) is 14.3. The summed E-state index contributed by atoms with van der Waals surface area (Å²) in [7, 11) is 0. The van der Waals surface area contributed by atoms with Crippen LogP contribution < -0.4 is 0 Å². The highest BCUT2D eigenvalue weighted by molar-refractivity contribution is 6.25. The monoisotopic (exact) mass is 777 g/mol. The number of aromatic nitrogens is 3. The lowest BCUT2D eigenvalue weighted by atomic mass is 9.92. The fourth-order valence-corrected chi connectivity index (χ4v) is 8.83. The van der Waals surface area contributed by atoms with Crippen molar-refractivity contribution in [2.24, 2.45) is 0 Å². The summed E-state index contributed by atoms with van der Waals surface area (Å²) in [5.74, 6) is 1.82. The zero-order valence-electron chi connectivity index (χ0n) is 33.0. The maximum atomic E-state index is 6.53. The van der Waals surface area contributed by atoms with Crippen LogP contribution in [0.15, 0.2) is 217 Å². The topological polar surface area (TPSA) is 51.8 Å². The van der Waals surface area contributed by atoms with E-state index in [0.29, 0.717) is 17.5 Å². The summed E-state index contributed by atoms with van der Waals surface area (Å²) in [6.07, 6.45) is 0. The first-order valence-corrected chi connectivity index (χ1v) is 20.6. The van der Waals surface area contributed by atoms with Crippen molar-refractivity contribution in [2.75, 3.05) is 0 Å². The first-order chi connectivity index (χ1) is 30.2. The van der Waals surface area contributed by atoms with Gasteiger partial charge in [0.25, 0.3) is 0 Å². The van der Waals surface area contributed by atoms with Crippen LogP contribution in [0.25, 0.3) is 122 Å². The fraction of sp³-hybridized carbons (Fsp3) is 0. The molecule has 0 unspecified atom stereocenters. The number of hydrogen-bond donors (Lipinski definition) is 0. The molecule has 0 saturated carbocycles. The molecular formula is C57H35N3O. The fourth-order valence-electron chi connectivity index (χ4n) is 8.83. The number of rotatable bonds is 6. The molecule has 0 fully saturated rings. The Kier molecular flexibility index (Phi) is 8.13. The zero-order chi connectivity index (χ0) is 40.3. The molecule has 0 aliphatic heterocycles.